The first-order valence-corrected chi connectivity index (χ1v) is 10.9. The molecule has 1 aliphatic rings. The number of anilines is 1. The highest BCUT2D eigenvalue weighted by Gasteiger charge is 2.35. The summed E-state index contributed by atoms with van der Waals surface area (Å²) in [6.45, 7) is 6.15. The lowest BCUT2D eigenvalue weighted by molar-refractivity contribution is 0.478. The number of nitrogens with two attached hydrogens (primary N) is 1. The number of rotatable bonds is 4. The monoisotopic (exact) mass is 386 g/mol. The van der Waals surface area contributed by atoms with Gasteiger partial charge in [0.05, 0.1) is 5.69 Å². The van der Waals surface area contributed by atoms with Gasteiger partial charge >= 0.3 is 0 Å². The van der Waals surface area contributed by atoms with Crippen molar-refractivity contribution in [2.45, 2.75) is 55.4 Å². The normalized spacial score (nSPS) is 16.2. The number of thiophene rings is 1. The van der Waals surface area contributed by atoms with Gasteiger partial charge in [-0.05, 0) is 43.7 Å². The highest BCUT2D eigenvalue weighted by molar-refractivity contribution is 7.94. The van der Waals surface area contributed by atoms with E-state index in [4.69, 9.17) is 10.7 Å². The summed E-state index contributed by atoms with van der Waals surface area (Å²) in [6.07, 6.45) is 6.80. The van der Waals surface area contributed by atoms with E-state index in [2.05, 4.69) is 29.9 Å². The Labute approximate surface area is 160 Å². The molecule has 0 aliphatic heterocycles. The van der Waals surface area contributed by atoms with Gasteiger partial charge in [-0.3, -0.25) is 0 Å². The number of aromatic nitrogens is 3. The molecule has 0 saturated heterocycles. The van der Waals surface area contributed by atoms with Crippen LogP contribution in [0.25, 0.3) is 21.5 Å². The summed E-state index contributed by atoms with van der Waals surface area (Å²) < 4.78 is 13.7. The predicted molar refractivity (Wildman–Crippen MR) is 108 cm³/mol. The van der Waals surface area contributed by atoms with Crippen molar-refractivity contribution < 1.29 is 4.55 Å². The van der Waals surface area contributed by atoms with E-state index in [1.165, 1.54) is 11.3 Å². The van der Waals surface area contributed by atoms with Crippen LogP contribution in [-0.2, 0) is 11.2 Å². The Morgan fingerprint density at radius 2 is 1.96 bits per heavy atom. The van der Waals surface area contributed by atoms with Crippen LogP contribution in [0.15, 0.2) is 22.7 Å². The van der Waals surface area contributed by atoms with Gasteiger partial charge in [-0.2, -0.15) is 0 Å². The lowest BCUT2D eigenvalue weighted by Crippen LogP contribution is -2.28. The Kier molecular flexibility index (Phi) is 4.62. The Morgan fingerprint density at radius 1 is 1.27 bits per heavy atom. The molecule has 0 radical (unpaired) electrons. The van der Waals surface area contributed by atoms with E-state index in [0.29, 0.717) is 5.69 Å². The molecule has 3 heterocycles. The third-order valence-electron chi connectivity index (χ3n) is 4.93. The van der Waals surface area contributed by atoms with E-state index in [9.17, 15) is 4.55 Å². The van der Waals surface area contributed by atoms with Crippen LogP contribution in [0, 0.1) is 6.92 Å². The minimum absolute atomic E-state index is 0.248. The largest absolute Gasteiger partial charge is 0.611 e. The molecule has 0 spiro atoms. The molecule has 3 aromatic rings. The first kappa shape index (κ1) is 17.7. The maximum Gasteiger partial charge on any atom is 0.232 e. The van der Waals surface area contributed by atoms with E-state index in [0.717, 1.165) is 56.3 Å². The molecule has 0 bridgehead atoms. The van der Waals surface area contributed by atoms with E-state index in [1.54, 1.807) is 12.4 Å². The van der Waals surface area contributed by atoms with Crippen molar-refractivity contribution in [2.75, 3.05) is 5.73 Å². The molecule has 1 aliphatic carbocycles. The molecule has 136 valence electrons. The lowest BCUT2D eigenvalue weighted by Gasteiger charge is -2.27. The van der Waals surface area contributed by atoms with Crippen LogP contribution in [0.5, 0.6) is 0 Å². The lowest BCUT2D eigenvalue weighted by atomic mass is 9.98. The third-order valence-corrected chi connectivity index (χ3v) is 8.23. The zero-order chi connectivity index (χ0) is 18.4. The number of pyridine rings is 1. The minimum atomic E-state index is -1.03. The van der Waals surface area contributed by atoms with Gasteiger partial charge < -0.3 is 10.3 Å². The van der Waals surface area contributed by atoms with Crippen molar-refractivity contribution in [3.8, 4) is 11.3 Å². The highest BCUT2D eigenvalue weighted by Crippen LogP contribution is 2.44. The Balaban J connectivity index is 1.88. The zero-order valence-corrected chi connectivity index (χ0v) is 16.8. The van der Waals surface area contributed by atoms with E-state index < -0.39 is 11.2 Å². The van der Waals surface area contributed by atoms with Gasteiger partial charge in [0.1, 0.15) is 21.6 Å². The third kappa shape index (κ3) is 2.98. The van der Waals surface area contributed by atoms with Crippen LogP contribution in [0.2, 0.25) is 0 Å². The molecule has 3 aromatic heterocycles. The first-order chi connectivity index (χ1) is 12.5. The summed E-state index contributed by atoms with van der Waals surface area (Å²) in [5, 5.41) is 1.21. The molecule has 26 heavy (non-hydrogen) atoms. The second kappa shape index (κ2) is 6.79. The van der Waals surface area contributed by atoms with Gasteiger partial charge in [0.15, 0.2) is 0 Å². The number of nitrogens with zero attached hydrogens (tertiary/aromatic N) is 3. The highest BCUT2D eigenvalue weighted by atomic mass is 32.2. The first-order valence-electron chi connectivity index (χ1n) is 8.88. The molecule has 5 nitrogen and oxygen atoms in total. The van der Waals surface area contributed by atoms with Crippen LogP contribution in [0.4, 0.5) is 5.69 Å². The molecule has 0 aromatic carbocycles. The number of hydrogen-bond acceptors (Lipinski definition) is 6. The van der Waals surface area contributed by atoms with Gasteiger partial charge in [-0.25, -0.2) is 15.0 Å². The summed E-state index contributed by atoms with van der Waals surface area (Å²) >= 11 is 0.444. The number of fused-ring (bicyclic) bond motifs is 1. The summed E-state index contributed by atoms with van der Waals surface area (Å²) in [7, 11) is 0. The molecule has 1 saturated carbocycles. The molecular formula is C19H22N4OS2. The van der Waals surface area contributed by atoms with E-state index in [-0.39, 0.29) is 11.2 Å². The van der Waals surface area contributed by atoms with Crippen molar-refractivity contribution >= 4 is 38.4 Å². The topological polar surface area (TPSA) is 87.8 Å². The van der Waals surface area contributed by atoms with Crippen LogP contribution in [0.3, 0.4) is 0 Å². The van der Waals surface area contributed by atoms with Crippen molar-refractivity contribution in [1.29, 1.82) is 0 Å². The second-order valence-electron chi connectivity index (χ2n) is 7.10. The summed E-state index contributed by atoms with van der Waals surface area (Å²) in [6, 6.07) is 2.07. The molecular weight excluding hydrogens is 364 g/mol. The smallest absolute Gasteiger partial charge is 0.232 e. The van der Waals surface area contributed by atoms with Crippen LogP contribution in [0.1, 0.15) is 50.4 Å². The zero-order valence-electron chi connectivity index (χ0n) is 15.2. The van der Waals surface area contributed by atoms with Crippen molar-refractivity contribution in [3.63, 3.8) is 0 Å². The van der Waals surface area contributed by atoms with Crippen LogP contribution in [-0.4, -0.2) is 24.8 Å². The number of hydrogen-bond donors (Lipinski definition) is 1. The van der Waals surface area contributed by atoms with Gasteiger partial charge in [0, 0.05) is 34.5 Å². The maximum absolute atomic E-state index is 12.9. The molecule has 0 unspecified atom stereocenters. The molecule has 1 atom stereocenters. The predicted octanol–water partition coefficient (Wildman–Crippen LogP) is 4.43. The van der Waals surface area contributed by atoms with Gasteiger partial charge in [-0.15, -0.1) is 0 Å². The van der Waals surface area contributed by atoms with Crippen molar-refractivity contribution in [2.24, 2.45) is 0 Å². The average Bonchev–Trinajstić information content (AvgIpc) is 2.90. The maximum atomic E-state index is 12.9. The summed E-state index contributed by atoms with van der Waals surface area (Å²) in [5.41, 5.74) is 9.96. The van der Waals surface area contributed by atoms with Gasteiger partial charge in [-0.1, -0.05) is 25.2 Å². The van der Waals surface area contributed by atoms with Crippen LogP contribution >= 0.6 is 11.3 Å². The Morgan fingerprint density at radius 3 is 2.54 bits per heavy atom. The van der Waals surface area contributed by atoms with Gasteiger partial charge in [0.2, 0.25) is 4.21 Å². The second-order valence-corrected chi connectivity index (χ2v) is 10.0. The molecule has 7 heteroatoms. The molecule has 1 fully saturated rings. The number of nitrogen functional groups attached to an aromatic ring is 1. The van der Waals surface area contributed by atoms with E-state index in [1.807, 2.05) is 6.92 Å². The van der Waals surface area contributed by atoms with Crippen molar-refractivity contribution in [1.82, 2.24) is 15.0 Å². The standard InChI is InChI=1S/C19H22N4OS2/c1-10(2)14-7-15(12-8-21-11(3)22-9-12)23-18-16(14)17(20)19(25-18)26(24)13-5-4-6-13/h7-10,13H,4-6,20H2,1-3H3/t26-/m0/s1. The van der Waals surface area contributed by atoms with Gasteiger partial charge in [0.25, 0.3) is 0 Å². The summed E-state index contributed by atoms with van der Waals surface area (Å²) in [5.74, 6) is 1.02. The number of aryl methyl sites for hydroxylation is 1. The van der Waals surface area contributed by atoms with Crippen LogP contribution < -0.4 is 5.73 Å². The molecule has 2 N–H and O–H groups in total. The minimum Gasteiger partial charge on any atom is -0.611 e. The Bertz CT molecular complexity index is 948. The van der Waals surface area contributed by atoms with Crippen molar-refractivity contribution in [3.05, 3.63) is 29.8 Å². The fraction of sp³-hybridized carbons (Fsp3) is 0.421. The quantitative estimate of drug-likeness (QED) is 0.670. The summed E-state index contributed by atoms with van der Waals surface area (Å²) in [4.78, 5) is 14.2. The SMILES string of the molecule is Cc1ncc(-c2cc(C(C)C)c3c(N)c([S@@+]([O-])C4CCC4)sc3n2)cn1. The molecule has 0 amide bonds. The fourth-order valence-electron chi connectivity index (χ4n) is 3.14. The average molecular weight is 387 g/mol. The van der Waals surface area contributed by atoms with E-state index >= 15 is 0 Å². The Hall–Kier alpha value is -1.70. The molecule has 4 rings (SSSR count). The fourth-order valence-corrected chi connectivity index (χ4v) is 6.36.